The predicted molar refractivity (Wildman–Crippen MR) is 84.8 cm³/mol. The van der Waals surface area contributed by atoms with Crippen LogP contribution in [0.5, 0.6) is 0 Å². The Morgan fingerprint density at radius 1 is 1.20 bits per heavy atom. The van der Waals surface area contributed by atoms with E-state index in [-0.39, 0.29) is 0 Å². The largest absolute Gasteiger partial charge is 0.340 e. The van der Waals surface area contributed by atoms with Crippen LogP contribution in [0.15, 0.2) is 0 Å². The van der Waals surface area contributed by atoms with E-state index in [1.54, 1.807) is 0 Å². The number of anilines is 1. The first-order valence-electron chi connectivity index (χ1n) is 7.99. The Morgan fingerprint density at radius 3 is 2.65 bits per heavy atom. The summed E-state index contributed by atoms with van der Waals surface area (Å²) in [6.45, 7) is 6.89. The molecule has 0 aromatic carbocycles. The first-order chi connectivity index (χ1) is 9.57. The predicted octanol–water partition coefficient (Wildman–Crippen LogP) is 4.07. The van der Waals surface area contributed by atoms with Gasteiger partial charge in [0.25, 0.3) is 0 Å². The molecule has 1 aliphatic carbocycles. The number of rotatable bonds is 2. The van der Waals surface area contributed by atoms with Gasteiger partial charge in [-0.2, -0.15) is 0 Å². The molecule has 0 bridgehead atoms. The van der Waals surface area contributed by atoms with Crippen LogP contribution >= 0.6 is 12.2 Å². The highest BCUT2D eigenvalue weighted by atomic mass is 32.1. The van der Waals surface area contributed by atoms with Crippen molar-refractivity contribution >= 4 is 18.2 Å². The lowest BCUT2D eigenvalue weighted by atomic mass is 9.84. The van der Waals surface area contributed by atoms with E-state index in [1.807, 2.05) is 0 Å². The maximum atomic E-state index is 5.50. The van der Waals surface area contributed by atoms with Crippen LogP contribution in [0, 0.1) is 10.2 Å². The fourth-order valence-electron chi connectivity index (χ4n) is 3.78. The van der Waals surface area contributed by atoms with Gasteiger partial charge in [0.15, 0.2) is 4.77 Å². The smallest absolute Gasteiger partial charge is 0.225 e. The number of hydrogen-bond donors (Lipinski definition) is 1. The molecule has 2 heterocycles. The molecule has 2 aliphatic rings. The third-order valence-corrected chi connectivity index (χ3v) is 5.10. The van der Waals surface area contributed by atoms with Crippen LogP contribution in [-0.4, -0.2) is 27.9 Å². The molecule has 0 radical (unpaired) electrons. The summed E-state index contributed by atoms with van der Waals surface area (Å²) < 4.78 is 3.10. The summed E-state index contributed by atoms with van der Waals surface area (Å²) in [5.74, 6) is 1.08. The minimum atomic E-state index is 0.378. The quantitative estimate of drug-likeness (QED) is 0.835. The lowest BCUT2D eigenvalue weighted by Gasteiger charge is -2.39. The van der Waals surface area contributed by atoms with Crippen LogP contribution in [0.3, 0.4) is 0 Å². The van der Waals surface area contributed by atoms with Gasteiger partial charge in [-0.05, 0) is 43.3 Å². The van der Waals surface area contributed by atoms with Crippen molar-refractivity contribution in [2.45, 2.75) is 64.8 Å². The van der Waals surface area contributed by atoms with Gasteiger partial charge in [-0.1, -0.05) is 33.1 Å². The third-order valence-electron chi connectivity index (χ3n) is 4.81. The summed E-state index contributed by atoms with van der Waals surface area (Å²) in [6, 6.07) is 0.551. The van der Waals surface area contributed by atoms with Gasteiger partial charge in [0.2, 0.25) is 5.95 Å². The van der Waals surface area contributed by atoms with Crippen molar-refractivity contribution in [2.75, 3.05) is 18.0 Å². The molecule has 112 valence electrons. The summed E-state index contributed by atoms with van der Waals surface area (Å²) in [5, 5.41) is 7.59. The van der Waals surface area contributed by atoms with E-state index in [2.05, 4.69) is 33.5 Å². The van der Waals surface area contributed by atoms with Crippen LogP contribution in [0.25, 0.3) is 0 Å². The molecule has 1 saturated carbocycles. The number of nitrogens with zero attached hydrogens (tertiary/aromatic N) is 3. The van der Waals surface area contributed by atoms with Gasteiger partial charge in [-0.3, -0.25) is 4.57 Å². The Labute approximate surface area is 126 Å². The zero-order valence-electron chi connectivity index (χ0n) is 12.7. The van der Waals surface area contributed by atoms with Crippen molar-refractivity contribution in [3.63, 3.8) is 0 Å². The molecule has 0 spiro atoms. The minimum absolute atomic E-state index is 0.378. The van der Waals surface area contributed by atoms with E-state index in [0.717, 1.165) is 23.8 Å². The molecule has 1 saturated heterocycles. The monoisotopic (exact) mass is 294 g/mol. The van der Waals surface area contributed by atoms with Gasteiger partial charge in [0.05, 0.1) is 0 Å². The van der Waals surface area contributed by atoms with Gasteiger partial charge in [-0.25, -0.2) is 5.10 Å². The second kappa shape index (κ2) is 5.51. The first kappa shape index (κ1) is 14.1. The summed E-state index contributed by atoms with van der Waals surface area (Å²) in [7, 11) is 0. The fourth-order valence-corrected chi connectivity index (χ4v) is 4.06. The summed E-state index contributed by atoms with van der Waals surface area (Å²) in [4.78, 5) is 2.43. The highest BCUT2D eigenvalue weighted by Crippen LogP contribution is 2.35. The standard InChI is InChI=1S/C15H26N4S/c1-15(2)9-6-10-18(11-15)13-16-17-14(20)19(13)12-7-4-3-5-8-12/h12H,3-11H2,1-2H3,(H,17,20). The van der Waals surface area contributed by atoms with Crippen molar-refractivity contribution in [2.24, 2.45) is 5.41 Å². The van der Waals surface area contributed by atoms with Crippen LogP contribution in [-0.2, 0) is 0 Å². The summed E-state index contributed by atoms with van der Waals surface area (Å²) >= 11 is 5.50. The Hall–Kier alpha value is -0.840. The van der Waals surface area contributed by atoms with Gasteiger partial charge in [-0.15, -0.1) is 5.10 Å². The Bertz CT molecular complexity index is 510. The molecule has 3 rings (SSSR count). The topological polar surface area (TPSA) is 36.9 Å². The zero-order chi connectivity index (χ0) is 14.2. The highest BCUT2D eigenvalue weighted by Gasteiger charge is 2.30. The van der Waals surface area contributed by atoms with Crippen LogP contribution in [0.4, 0.5) is 5.95 Å². The molecule has 1 aliphatic heterocycles. The molecule has 20 heavy (non-hydrogen) atoms. The molecular formula is C15H26N4S. The number of aromatic nitrogens is 3. The van der Waals surface area contributed by atoms with E-state index in [0.29, 0.717) is 11.5 Å². The number of hydrogen-bond acceptors (Lipinski definition) is 3. The van der Waals surface area contributed by atoms with Gasteiger partial charge in [0.1, 0.15) is 0 Å². The molecule has 5 heteroatoms. The molecule has 1 aromatic rings. The molecular weight excluding hydrogens is 268 g/mol. The molecule has 0 amide bonds. The Morgan fingerprint density at radius 2 is 1.95 bits per heavy atom. The van der Waals surface area contributed by atoms with E-state index in [1.165, 1.54) is 44.9 Å². The SMILES string of the molecule is CC1(C)CCCN(c2n[nH]c(=S)n2C2CCCCC2)C1. The lowest BCUT2D eigenvalue weighted by molar-refractivity contribution is 0.284. The summed E-state index contributed by atoms with van der Waals surface area (Å²) in [5.41, 5.74) is 0.378. The number of piperidine rings is 1. The zero-order valence-corrected chi connectivity index (χ0v) is 13.5. The second-order valence-corrected chi connectivity index (χ2v) is 7.57. The van der Waals surface area contributed by atoms with Crippen molar-refractivity contribution in [1.82, 2.24) is 14.8 Å². The third kappa shape index (κ3) is 2.78. The highest BCUT2D eigenvalue weighted by molar-refractivity contribution is 7.71. The Balaban J connectivity index is 1.88. The number of nitrogens with one attached hydrogen (secondary N) is 1. The Kier molecular flexibility index (Phi) is 3.89. The number of H-pyrrole nitrogens is 1. The van der Waals surface area contributed by atoms with E-state index >= 15 is 0 Å². The van der Waals surface area contributed by atoms with Crippen LogP contribution < -0.4 is 4.90 Å². The van der Waals surface area contributed by atoms with Gasteiger partial charge < -0.3 is 4.90 Å². The van der Waals surface area contributed by atoms with Crippen molar-refractivity contribution in [3.8, 4) is 0 Å². The van der Waals surface area contributed by atoms with Crippen molar-refractivity contribution < 1.29 is 0 Å². The molecule has 1 N–H and O–H groups in total. The average Bonchev–Trinajstić information content (AvgIpc) is 2.80. The molecule has 0 unspecified atom stereocenters. The van der Waals surface area contributed by atoms with Crippen molar-refractivity contribution in [3.05, 3.63) is 4.77 Å². The average molecular weight is 294 g/mol. The van der Waals surface area contributed by atoms with Gasteiger partial charge >= 0.3 is 0 Å². The second-order valence-electron chi connectivity index (χ2n) is 7.18. The minimum Gasteiger partial charge on any atom is -0.340 e. The van der Waals surface area contributed by atoms with E-state index in [4.69, 9.17) is 12.2 Å². The van der Waals surface area contributed by atoms with Gasteiger partial charge in [0, 0.05) is 19.1 Å². The fraction of sp³-hybridized carbons (Fsp3) is 0.867. The molecule has 4 nitrogen and oxygen atoms in total. The first-order valence-corrected chi connectivity index (χ1v) is 8.39. The normalized spacial score (nSPS) is 24.0. The van der Waals surface area contributed by atoms with Crippen LogP contribution in [0.2, 0.25) is 0 Å². The summed E-state index contributed by atoms with van der Waals surface area (Å²) in [6.07, 6.45) is 9.06. The number of aromatic amines is 1. The molecule has 0 atom stereocenters. The maximum Gasteiger partial charge on any atom is 0.225 e. The van der Waals surface area contributed by atoms with E-state index in [9.17, 15) is 0 Å². The van der Waals surface area contributed by atoms with Crippen molar-refractivity contribution in [1.29, 1.82) is 0 Å². The van der Waals surface area contributed by atoms with E-state index < -0.39 is 0 Å². The molecule has 2 fully saturated rings. The molecule has 1 aromatic heterocycles. The lowest BCUT2D eigenvalue weighted by Crippen LogP contribution is -2.41. The van der Waals surface area contributed by atoms with Crippen LogP contribution in [0.1, 0.15) is 64.8 Å². The maximum absolute atomic E-state index is 5.50.